The third-order valence-corrected chi connectivity index (χ3v) is 4.79. The van der Waals surface area contributed by atoms with Crippen molar-refractivity contribution in [3.63, 3.8) is 0 Å². The molecule has 0 aliphatic carbocycles. The first kappa shape index (κ1) is 11.9. The lowest BCUT2D eigenvalue weighted by Gasteiger charge is -2.29. The summed E-state index contributed by atoms with van der Waals surface area (Å²) in [6.07, 6.45) is 2.49. The smallest absolute Gasteiger partial charge is 0.268 e. The van der Waals surface area contributed by atoms with Crippen LogP contribution in [0, 0.1) is 5.92 Å². The highest BCUT2D eigenvalue weighted by atomic mass is 32.1. The number of nitrogens with zero attached hydrogens (tertiary/aromatic N) is 2. The van der Waals surface area contributed by atoms with Gasteiger partial charge in [0.1, 0.15) is 0 Å². The fraction of sp³-hybridized carbons (Fsp3) is 0.500. The maximum absolute atomic E-state index is 12.2. The third kappa shape index (κ3) is 2.22. The molecule has 0 saturated carbocycles. The van der Waals surface area contributed by atoms with E-state index in [9.17, 15) is 4.79 Å². The molecule has 1 aliphatic heterocycles. The Kier molecular flexibility index (Phi) is 3.22. The van der Waals surface area contributed by atoms with Crippen molar-refractivity contribution in [1.82, 2.24) is 8.86 Å². The number of rotatable bonds is 2. The lowest BCUT2D eigenvalue weighted by Crippen LogP contribution is -2.35. The van der Waals surface area contributed by atoms with Crippen molar-refractivity contribution in [1.29, 1.82) is 0 Å². The first-order valence-corrected chi connectivity index (χ1v) is 7.29. The maximum Gasteiger partial charge on any atom is 0.268 e. The molecule has 1 fully saturated rings. The van der Waals surface area contributed by atoms with Crippen LogP contribution in [0.4, 0.5) is 0 Å². The zero-order valence-corrected chi connectivity index (χ0v) is 11.4. The number of aromatic nitrogens is 1. The number of likely N-dealkylation sites (tertiary alicyclic amines) is 1. The molecule has 1 aliphatic rings. The van der Waals surface area contributed by atoms with Crippen LogP contribution in [0.1, 0.15) is 12.8 Å². The largest absolute Gasteiger partial charge is 0.306 e. The van der Waals surface area contributed by atoms with Crippen LogP contribution in [-0.2, 0) is 6.54 Å². The number of piperidine rings is 1. The van der Waals surface area contributed by atoms with Gasteiger partial charge in [0.15, 0.2) is 0 Å². The second kappa shape index (κ2) is 4.86. The van der Waals surface area contributed by atoms with Gasteiger partial charge in [-0.1, -0.05) is 23.7 Å². The summed E-state index contributed by atoms with van der Waals surface area (Å²) in [6, 6.07) is 7.90. The summed E-state index contributed by atoms with van der Waals surface area (Å²) in [5.74, 6) is 0.620. The monoisotopic (exact) mass is 262 g/mol. The van der Waals surface area contributed by atoms with Crippen molar-refractivity contribution in [2.24, 2.45) is 5.92 Å². The molecule has 4 heteroatoms. The lowest BCUT2D eigenvalue weighted by molar-refractivity contribution is 0.196. The molecule has 3 rings (SSSR count). The Labute approximate surface area is 111 Å². The van der Waals surface area contributed by atoms with Gasteiger partial charge in [-0.05, 0) is 44.5 Å². The van der Waals surface area contributed by atoms with Crippen molar-refractivity contribution < 1.29 is 0 Å². The minimum Gasteiger partial charge on any atom is -0.306 e. The van der Waals surface area contributed by atoms with Crippen LogP contribution in [0.25, 0.3) is 10.1 Å². The van der Waals surface area contributed by atoms with E-state index in [1.54, 1.807) is 11.5 Å². The van der Waals surface area contributed by atoms with Crippen LogP contribution in [0.2, 0.25) is 0 Å². The molecule has 0 N–H and O–H groups in total. The van der Waals surface area contributed by atoms with E-state index in [1.807, 2.05) is 28.2 Å². The molecule has 0 radical (unpaired) electrons. The zero-order chi connectivity index (χ0) is 12.5. The molecular formula is C14H18N2OS. The van der Waals surface area contributed by atoms with Gasteiger partial charge in [-0.3, -0.25) is 8.75 Å². The lowest BCUT2D eigenvalue weighted by atomic mass is 9.99. The van der Waals surface area contributed by atoms with Gasteiger partial charge >= 0.3 is 0 Å². The first-order chi connectivity index (χ1) is 8.74. The van der Waals surface area contributed by atoms with E-state index >= 15 is 0 Å². The van der Waals surface area contributed by atoms with Gasteiger partial charge in [-0.2, -0.15) is 0 Å². The van der Waals surface area contributed by atoms with Crippen LogP contribution in [0.5, 0.6) is 0 Å². The highest BCUT2D eigenvalue weighted by Crippen LogP contribution is 2.21. The van der Waals surface area contributed by atoms with Crippen molar-refractivity contribution in [2.75, 3.05) is 20.1 Å². The quantitative estimate of drug-likeness (QED) is 0.830. The molecule has 2 aromatic rings. The SMILES string of the molecule is CN1CCCC(Cn2sc3ccccc3c2=O)C1. The molecule has 1 atom stereocenters. The summed E-state index contributed by atoms with van der Waals surface area (Å²) in [5.41, 5.74) is 0.184. The number of fused-ring (bicyclic) bond motifs is 1. The Morgan fingerprint density at radius 3 is 3.00 bits per heavy atom. The van der Waals surface area contributed by atoms with E-state index in [4.69, 9.17) is 0 Å². The Morgan fingerprint density at radius 1 is 1.39 bits per heavy atom. The van der Waals surface area contributed by atoms with E-state index in [-0.39, 0.29) is 5.56 Å². The van der Waals surface area contributed by atoms with Crippen LogP contribution in [0.3, 0.4) is 0 Å². The Bertz CT molecular complexity index is 601. The minimum absolute atomic E-state index is 0.184. The summed E-state index contributed by atoms with van der Waals surface area (Å²) >= 11 is 1.60. The van der Waals surface area contributed by atoms with E-state index in [0.717, 1.165) is 23.2 Å². The van der Waals surface area contributed by atoms with Crippen LogP contribution in [0.15, 0.2) is 29.1 Å². The molecule has 0 spiro atoms. The van der Waals surface area contributed by atoms with Gasteiger partial charge in [0.25, 0.3) is 5.56 Å². The van der Waals surface area contributed by atoms with Gasteiger partial charge in [-0.15, -0.1) is 0 Å². The van der Waals surface area contributed by atoms with Gasteiger partial charge in [-0.25, -0.2) is 0 Å². The highest BCUT2D eigenvalue weighted by Gasteiger charge is 2.19. The Hall–Kier alpha value is -1.13. The second-order valence-corrected chi connectivity index (χ2v) is 6.29. The van der Waals surface area contributed by atoms with Gasteiger partial charge in [0, 0.05) is 13.1 Å². The fourth-order valence-corrected chi connectivity index (χ4v) is 3.89. The first-order valence-electron chi connectivity index (χ1n) is 6.51. The molecule has 2 heterocycles. The second-order valence-electron chi connectivity index (χ2n) is 5.22. The third-order valence-electron chi connectivity index (χ3n) is 3.70. The highest BCUT2D eigenvalue weighted by molar-refractivity contribution is 7.13. The predicted molar refractivity (Wildman–Crippen MR) is 76.3 cm³/mol. The molecule has 0 bridgehead atoms. The molecule has 1 saturated heterocycles. The maximum atomic E-state index is 12.2. The normalized spacial score (nSPS) is 21.5. The van der Waals surface area contributed by atoms with E-state index in [1.165, 1.54) is 19.4 Å². The molecule has 1 unspecified atom stereocenters. The van der Waals surface area contributed by atoms with Crippen molar-refractivity contribution in [3.05, 3.63) is 34.6 Å². The van der Waals surface area contributed by atoms with Gasteiger partial charge < -0.3 is 4.90 Å². The predicted octanol–water partition coefficient (Wildman–Crippen LogP) is 2.40. The molecule has 18 heavy (non-hydrogen) atoms. The van der Waals surface area contributed by atoms with Crippen LogP contribution < -0.4 is 5.56 Å². The number of benzene rings is 1. The summed E-state index contributed by atoms with van der Waals surface area (Å²) in [5, 5.41) is 0.867. The van der Waals surface area contributed by atoms with E-state index in [2.05, 4.69) is 11.9 Å². The minimum atomic E-state index is 0.184. The average Bonchev–Trinajstić information content (AvgIpc) is 2.67. The molecular weight excluding hydrogens is 244 g/mol. The fourth-order valence-electron chi connectivity index (χ4n) is 2.79. The summed E-state index contributed by atoms with van der Waals surface area (Å²) in [6.45, 7) is 3.18. The Morgan fingerprint density at radius 2 is 2.22 bits per heavy atom. The van der Waals surface area contributed by atoms with E-state index in [0.29, 0.717) is 5.92 Å². The van der Waals surface area contributed by atoms with Crippen molar-refractivity contribution >= 4 is 21.6 Å². The Balaban J connectivity index is 1.86. The molecule has 0 amide bonds. The van der Waals surface area contributed by atoms with Gasteiger partial charge in [0.2, 0.25) is 0 Å². The van der Waals surface area contributed by atoms with Crippen LogP contribution in [-0.4, -0.2) is 29.0 Å². The average molecular weight is 262 g/mol. The molecule has 3 nitrogen and oxygen atoms in total. The summed E-state index contributed by atoms with van der Waals surface area (Å²) < 4.78 is 3.04. The topological polar surface area (TPSA) is 25.2 Å². The summed E-state index contributed by atoms with van der Waals surface area (Å²) in [7, 11) is 2.17. The van der Waals surface area contributed by atoms with Gasteiger partial charge in [0.05, 0.1) is 10.1 Å². The number of hydrogen-bond acceptors (Lipinski definition) is 3. The van der Waals surface area contributed by atoms with Crippen molar-refractivity contribution in [2.45, 2.75) is 19.4 Å². The number of hydrogen-bond donors (Lipinski definition) is 0. The molecule has 1 aromatic carbocycles. The van der Waals surface area contributed by atoms with Crippen LogP contribution >= 0.6 is 11.5 Å². The summed E-state index contributed by atoms with van der Waals surface area (Å²) in [4.78, 5) is 14.6. The van der Waals surface area contributed by atoms with E-state index < -0.39 is 0 Å². The standard InChI is InChI=1S/C14H18N2OS/c1-15-8-4-5-11(9-15)10-16-14(17)12-6-2-3-7-13(12)18-16/h2-3,6-7,11H,4-5,8-10H2,1H3. The molecule has 96 valence electrons. The molecule has 1 aromatic heterocycles. The zero-order valence-electron chi connectivity index (χ0n) is 10.6. The van der Waals surface area contributed by atoms with Crippen molar-refractivity contribution in [3.8, 4) is 0 Å².